The van der Waals surface area contributed by atoms with Gasteiger partial charge in [0, 0.05) is 17.1 Å². The molecule has 0 spiro atoms. The number of amides is 1. The minimum absolute atomic E-state index is 0.0899. The first kappa shape index (κ1) is 26.3. The number of nitrogens with zero attached hydrogens (tertiary/aromatic N) is 2. The predicted octanol–water partition coefficient (Wildman–Crippen LogP) is 5.70. The Labute approximate surface area is 205 Å². The quantitative estimate of drug-likeness (QED) is 0.398. The van der Waals surface area contributed by atoms with E-state index in [2.05, 4.69) is 5.10 Å². The molecule has 1 heterocycles. The molecule has 0 unspecified atom stereocenters. The van der Waals surface area contributed by atoms with Crippen LogP contribution >= 0.6 is 11.6 Å². The van der Waals surface area contributed by atoms with Crippen molar-refractivity contribution >= 4 is 23.3 Å². The highest BCUT2D eigenvalue weighted by atomic mass is 35.5. The maximum Gasteiger partial charge on any atom is 0.416 e. The van der Waals surface area contributed by atoms with Crippen molar-refractivity contribution in [2.45, 2.75) is 39.3 Å². The number of Topliss-reactive ketones (excluding diaryl/α,β-unsaturated/α-hetero) is 1. The van der Waals surface area contributed by atoms with Crippen LogP contribution in [0.4, 0.5) is 13.2 Å². The van der Waals surface area contributed by atoms with E-state index in [-0.39, 0.29) is 23.6 Å². The number of benzene rings is 2. The molecule has 1 amide bonds. The third-order valence-electron chi connectivity index (χ3n) is 5.41. The van der Waals surface area contributed by atoms with E-state index in [1.807, 2.05) is 13.8 Å². The molecule has 6 nitrogen and oxygen atoms in total. The Kier molecular flexibility index (Phi) is 7.90. The summed E-state index contributed by atoms with van der Waals surface area (Å²) in [4.78, 5) is 40.7. The fraction of sp³-hybridized carbons (Fsp3) is 0.320. The minimum atomic E-state index is -4.61. The molecular weight excluding hydrogens is 483 g/mol. The standard InChI is InChI=1S/C25H25ClF3N3O3/c1-4-12-31(23(34)16-6-5-7-17(13-16)25(27,28)29)14-20(33)21-22(15(2)3)30-32(24(21)35)19-10-8-18(26)9-11-19/h5-11,13,15,30H,4,12,14H2,1-3H3. The Morgan fingerprint density at radius 2 is 1.77 bits per heavy atom. The molecule has 35 heavy (non-hydrogen) atoms. The summed E-state index contributed by atoms with van der Waals surface area (Å²) in [5.74, 6) is -1.53. The van der Waals surface area contributed by atoms with Crippen LogP contribution in [0, 0.1) is 0 Å². The van der Waals surface area contributed by atoms with Crippen LogP contribution in [0.5, 0.6) is 0 Å². The van der Waals surface area contributed by atoms with E-state index in [0.717, 1.165) is 18.2 Å². The highest BCUT2D eigenvalue weighted by molar-refractivity contribution is 6.30. The number of aromatic nitrogens is 2. The van der Waals surface area contributed by atoms with E-state index in [1.165, 1.54) is 15.6 Å². The van der Waals surface area contributed by atoms with Crippen molar-refractivity contribution in [3.63, 3.8) is 0 Å². The van der Waals surface area contributed by atoms with E-state index in [9.17, 15) is 27.6 Å². The van der Waals surface area contributed by atoms with E-state index >= 15 is 0 Å². The summed E-state index contributed by atoms with van der Waals surface area (Å²) < 4.78 is 40.6. The van der Waals surface area contributed by atoms with E-state index in [4.69, 9.17) is 11.6 Å². The number of aromatic amines is 1. The second-order valence-corrected chi connectivity index (χ2v) is 8.84. The first-order valence-corrected chi connectivity index (χ1v) is 11.4. The van der Waals surface area contributed by atoms with Gasteiger partial charge in [0.15, 0.2) is 5.78 Å². The van der Waals surface area contributed by atoms with Gasteiger partial charge in [-0.25, -0.2) is 4.68 Å². The van der Waals surface area contributed by atoms with Crippen molar-refractivity contribution in [1.82, 2.24) is 14.7 Å². The first-order chi connectivity index (χ1) is 16.4. The lowest BCUT2D eigenvalue weighted by molar-refractivity contribution is -0.137. The highest BCUT2D eigenvalue weighted by Gasteiger charge is 2.32. The molecule has 0 aliphatic carbocycles. The lowest BCUT2D eigenvalue weighted by atomic mass is 10.0. The number of carbonyl (C=O) groups is 2. The van der Waals surface area contributed by atoms with Gasteiger partial charge < -0.3 is 4.90 Å². The van der Waals surface area contributed by atoms with Gasteiger partial charge in [-0.2, -0.15) is 13.2 Å². The summed E-state index contributed by atoms with van der Waals surface area (Å²) in [7, 11) is 0. The van der Waals surface area contributed by atoms with Crippen molar-refractivity contribution in [1.29, 1.82) is 0 Å². The normalized spacial score (nSPS) is 11.7. The average molecular weight is 508 g/mol. The Bertz CT molecular complexity index is 1280. The van der Waals surface area contributed by atoms with Crippen LogP contribution in [0.2, 0.25) is 5.02 Å². The SMILES string of the molecule is CCCN(CC(=O)c1c(C(C)C)[nH]n(-c2ccc(Cl)cc2)c1=O)C(=O)c1cccc(C(F)(F)F)c1. The molecule has 0 aliphatic heterocycles. The Morgan fingerprint density at radius 1 is 1.11 bits per heavy atom. The zero-order chi connectivity index (χ0) is 25.9. The smallest absolute Gasteiger partial charge is 0.331 e. The van der Waals surface area contributed by atoms with Crippen molar-refractivity contribution in [3.8, 4) is 5.69 Å². The summed E-state index contributed by atoms with van der Waals surface area (Å²) in [5.41, 5.74) is -0.928. The average Bonchev–Trinajstić information content (AvgIpc) is 3.16. The maximum absolute atomic E-state index is 13.3. The van der Waals surface area contributed by atoms with Crippen LogP contribution in [-0.4, -0.2) is 39.5 Å². The van der Waals surface area contributed by atoms with Gasteiger partial charge in [-0.15, -0.1) is 0 Å². The maximum atomic E-state index is 13.3. The molecule has 0 aliphatic rings. The minimum Gasteiger partial charge on any atom is -0.331 e. The van der Waals surface area contributed by atoms with Gasteiger partial charge >= 0.3 is 6.18 Å². The summed E-state index contributed by atoms with van der Waals surface area (Å²) in [6.07, 6.45) is -4.14. The summed E-state index contributed by atoms with van der Waals surface area (Å²) in [6.45, 7) is 5.09. The van der Waals surface area contributed by atoms with E-state index < -0.39 is 35.5 Å². The summed E-state index contributed by atoms with van der Waals surface area (Å²) in [6, 6.07) is 10.5. The van der Waals surface area contributed by atoms with Crippen molar-refractivity contribution < 1.29 is 22.8 Å². The Balaban J connectivity index is 1.96. The molecule has 186 valence electrons. The largest absolute Gasteiger partial charge is 0.416 e. The van der Waals surface area contributed by atoms with E-state index in [1.54, 1.807) is 31.2 Å². The molecule has 0 bridgehead atoms. The van der Waals surface area contributed by atoms with Gasteiger partial charge in [0.2, 0.25) is 0 Å². The fourth-order valence-electron chi connectivity index (χ4n) is 3.70. The van der Waals surface area contributed by atoms with Gasteiger partial charge in [0.1, 0.15) is 5.56 Å². The molecule has 3 aromatic rings. The molecule has 1 N–H and O–H groups in total. The van der Waals surface area contributed by atoms with Crippen LogP contribution in [-0.2, 0) is 6.18 Å². The van der Waals surface area contributed by atoms with Gasteiger partial charge in [0.05, 0.1) is 23.5 Å². The lowest BCUT2D eigenvalue weighted by Crippen LogP contribution is -2.38. The number of hydrogen-bond donors (Lipinski definition) is 1. The fourth-order valence-corrected chi connectivity index (χ4v) is 3.83. The number of alkyl halides is 3. The number of hydrogen-bond acceptors (Lipinski definition) is 3. The zero-order valence-corrected chi connectivity index (χ0v) is 20.2. The van der Waals surface area contributed by atoms with Crippen LogP contribution < -0.4 is 5.56 Å². The molecule has 3 rings (SSSR count). The van der Waals surface area contributed by atoms with Gasteiger partial charge in [-0.3, -0.25) is 19.5 Å². The predicted molar refractivity (Wildman–Crippen MR) is 127 cm³/mol. The highest BCUT2D eigenvalue weighted by Crippen LogP contribution is 2.30. The molecule has 1 aromatic heterocycles. The van der Waals surface area contributed by atoms with Crippen molar-refractivity contribution in [3.05, 3.63) is 86.3 Å². The van der Waals surface area contributed by atoms with Crippen molar-refractivity contribution in [2.24, 2.45) is 0 Å². The molecule has 0 saturated carbocycles. The molecule has 0 radical (unpaired) electrons. The number of H-pyrrole nitrogens is 1. The molecule has 0 saturated heterocycles. The lowest BCUT2D eigenvalue weighted by Gasteiger charge is -2.22. The van der Waals surface area contributed by atoms with Crippen LogP contribution in [0.3, 0.4) is 0 Å². The second kappa shape index (κ2) is 10.5. The van der Waals surface area contributed by atoms with Crippen molar-refractivity contribution in [2.75, 3.05) is 13.1 Å². The third-order valence-corrected chi connectivity index (χ3v) is 5.66. The monoisotopic (exact) mass is 507 g/mol. The molecule has 2 aromatic carbocycles. The second-order valence-electron chi connectivity index (χ2n) is 8.40. The number of rotatable bonds is 8. The number of nitrogens with one attached hydrogen (secondary N) is 1. The van der Waals surface area contributed by atoms with Crippen LogP contribution in [0.25, 0.3) is 5.69 Å². The molecule has 0 atom stereocenters. The third kappa shape index (κ3) is 5.85. The van der Waals surface area contributed by atoms with Gasteiger partial charge in [-0.05, 0) is 54.8 Å². The topological polar surface area (TPSA) is 75.2 Å². The molecule has 10 heteroatoms. The first-order valence-electron chi connectivity index (χ1n) is 11.0. The number of halogens is 4. The molecule has 0 fully saturated rings. The Morgan fingerprint density at radius 3 is 2.34 bits per heavy atom. The van der Waals surface area contributed by atoms with E-state index in [0.29, 0.717) is 22.8 Å². The summed E-state index contributed by atoms with van der Waals surface area (Å²) in [5, 5.41) is 3.45. The zero-order valence-electron chi connectivity index (χ0n) is 19.4. The number of carbonyl (C=O) groups excluding carboxylic acids is 2. The number of ketones is 1. The Hall–Kier alpha value is -3.33. The van der Waals surface area contributed by atoms with Crippen LogP contribution in [0.1, 0.15) is 65.1 Å². The van der Waals surface area contributed by atoms with Gasteiger partial charge in [0.25, 0.3) is 11.5 Å². The molecular formula is C25H25ClF3N3O3. The summed E-state index contributed by atoms with van der Waals surface area (Å²) >= 11 is 5.93. The van der Waals surface area contributed by atoms with Gasteiger partial charge in [-0.1, -0.05) is 38.4 Å². The van der Waals surface area contributed by atoms with Crippen LogP contribution in [0.15, 0.2) is 53.3 Å².